The molecule has 1 heterocycles. The van der Waals surface area contributed by atoms with Crippen LogP contribution in [-0.2, 0) is 4.79 Å². The van der Waals surface area contributed by atoms with Gasteiger partial charge in [-0.05, 0) is 44.0 Å². The van der Waals surface area contributed by atoms with Crippen LogP contribution < -0.4 is 4.90 Å². The fraction of sp³-hybridized carbons (Fsp3) is 0.158. The first kappa shape index (κ1) is 18.3. The van der Waals surface area contributed by atoms with E-state index in [9.17, 15) is 14.9 Å². The number of rotatable bonds is 3. The molecule has 0 atom stereocenters. The number of carbonyl (C=O) groups excluding carboxylic acids is 1. The van der Waals surface area contributed by atoms with Gasteiger partial charge in [0.25, 0.3) is 11.6 Å². The minimum Gasteiger partial charge on any atom is -0.268 e. The molecule has 0 N–H and O–H groups in total. The average molecular weight is 384 g/mol. The number of amides is 1. The lowest BCUT2D eigenvalue weighted by atomic mass is 10.1. The molecule has 132 valence electrons. The summed E-state index contributed by atoms with van der Waals surface area (Å²) >= 11 is 6.59. The molecule has 1 fully saturated rings. The van der Waals surface area contributed by atoms with Crippen molar-refractivity contribution in [1.82, 2.24) is 0 Å². The van der Waals surface area contributed by atoms with Gasteiger partial charge in [-0.25, -0.2) is 0 Å². The Morgan fingerprint density at radius 3 is 2.50 bits per heavy atom. The van der Waals surface area contributed by atoms with Gasteiger partial charge < -0.3 is 0 Å². The number of nitro groups is 1. The Bertz CT molecular complexity index is 983. The summed E-state index contributed by atoms with van der Waals surface area (Å²) in [6, 6.07) is 10.7. The zero-order valence-corrected chi connectivity index (χ0v) is 16.1. The fourth-order valence-corrected chi connectivity index (χ4v) is 4.08. The van der Waals surface area contributed by atoms with E-state index >= 15 is 0 Å². The fourth-order valence-electron chi connectivity index (χ4n) is 2.80. The Labute approximate surface area is 160 Å². The number of thioether (sulfide) groups is 1. The molecule has 0 unspecified atom stereocenters. The standard InChI is InChI=1S/C19H16N2O3S2/c1-11-4-7-15(13(3)8-11)20-18(22)17(26-19(20)25)10-14-6-5-12(2)16(9-14)21(23)24/h4-10H,1-3H3/b17-10+. The van der Waals surface area contributed by atoms with Crippen LogP contribution in [-0.4, -0.2) is 15.2 Å². The first-order valence-corrected chi connectivity index (χ1v) is 9.10. The summed E-state index contributed by atoms with van der Waals surface area (Å²) in [6.07, 6.45) is 1.65. The number of nitrogens with zero attached hydrogens (tertiary/aromatic N) is 2. The number of thiocarbonyl (C=S) groups is 1. The van der Waals surface area contributed by atoms with Gasteiger partial charge in [0.15, 0.2) is 4.32 Å². The van der Waals surface area contributed by atoms with Crippen LogP contribution in [0.5, 0.6) is 0 Å². The number of benzene rings is 2. The first-order chi connectivity index (χ1) is 12.3. The van der Waals surface area contributed by atoms with Crippen LogP contribution in [0.25, 0.3) is 6.08 Å². The van der Waals surface area contributed by atoms with Crippen molar-refractivity contribution >= 4 is 51.7 Å². The lowest BCUT2D eigenvalue weighted by molar-refractivity contribution is -0.385. The van der Waals surface area contributed by atoms with Gasteiger partial charge in [-0.3, -0.25) is 19.8 Å². The van der Waals surface area contributed by atoms with Crippen molar-refractivity contribution in [3.8, 4) is 0 Å². The van der Waals surface area contributed by atoms with Gasteiger partial charge in [0.2, 0.25) is 0 Å². The average Bonchev–Trinajstić information content (AvgIpc) is 2.83. The minimum atomic E-state index is -0.423. The van der Waals surface area contributed by atoms with Crippen molar-refractivity contribution in [2.24, 2.45) is 0 Å². The highest BCUT2D eigenvalue weighted by atomic mass is 32.2. The molecule has 0 saturated carbocycles. The second-order valence-electron chi connectivity index (χ2n) is 6.11. The Morgan fingerprint density at radius 1 is 1.12 bits per heavy atom. The van der Waals surface area contributed by atoms with E-state index in [0.717, 1.165) is 16.8 Å². The maximum Gasteiger partial charge on any atom is 0.272 e. The molecule has 1 aliphatic rings. The second kappa shape index (κ2) is 7.01. The van der Waals surface area contributed by atoms with Crippen LogP contribution in [0.1, 0.15) is 22.3 Å². The lowest BCUT2D eigenvalue weighted by Crippen LogP contribution is -2.28. The molecule has 3 rings (SSSR count). The van der Waals surface area contributed by atoms with Crippen LogP contribution in [0.4, 0.5) is 11.4 Å². The van der Waals surface area contributed by atoms with Gasteiger partial charge in [-0.15, -0.1) is 0 Å². The number of aryl methyl sites for hydroxylation is 3. The van der Waals surface area contributed by atoms with Gasteiger partial charge in [0, 0.05) is 11.6 Å². The van der Waals surface area contributed by atoms with Crippen LogP contribution in [0.2, 0.25) is 0 Å². The first-order valence-electron chi connectivity index (χ1n) is 7.88. The second-order valence-corrected chi connectivity index (χ2v) is 7.79. The zero-order valence-electron chi connectivity index (χ0n) is 14.5. The van der Waals surface area contributed by atoms with E-state index in [1.54, 1.807) is 25.1 Å². The summed E-state index contributed by atoms with van der Waals surface area (Å²) in [7, 11) is 0. The monoisotopic (exact) mass is 384 g/mol. The van der Waals surface area contributed by atoms with Crippen molar-refractivity contribution in [1.29, 1.82) is 0 Å². The molecule has 2 aromatic rings. The minimum absolute atomic E-state index is 0.0311. The summed E-state index contributed by atoms with van der Waals surface area (Å²) in [4.78, 5) is 25.5. The summed E-state index contributed by atoms with van der Waals surface area (Å²) in [5.41, 5.74) is 4.05. The van der Waals surface area contributed by atoms with E-state index in [1.165, 1.54) is 22.7 Å². The molecule has 0 bridgehead atoms. The van der Waals surface area contributed by atoms with E-state index in [0.29, 0.717) is 20.4 Å². The molecule has 0 radical (unpaired) electrons. The van der Waals surface area contributed by atoms with E-state index in [2.05, 4.69) is 0 Å². The molecule has 0 aromatic heterocycles. The molecular formula is C19H16N2O3S2. The highest BCUT2D eigenvalue weighted by molar-refractivity contribution is 8.27. The maximum absolute atomic E-state index is 12.9. The van der Waals surface area contributed by atoms with Crippen molar-refractivity contribution in [3.05, 3.63) is 73.7 Å². The quantitative estimate of drug-likeness (QED) is 0.325. The molecule has 0 spiro atoms. The normalized spacial score (nSPS) is 15.8. The molecule has 1 saturated heterocycles. The van der Waals surface area contributed by atoms with Gasteiger partial charge in [0.05, 0.1) is 15.5 Å². The van der Waals surface area contributed by atoms with E-state index in [1.807, 2.05) is 32.0 Å². The molecule has 26 heavy (non-hydrogen) atoms. The summed E-state index contributed by atoms with van der Waals surface area (Å²) in [5, 5.41) is 11.1. The van der Waals surface area contributed by atoms with Gasteiger partial charge >= 0.3 is 0 Å². The van der Waals surface area contributed by atoms with Crippen LogP contribution >= 0.6 is 24.0 Å². The molecule has 1 aliphatic heterocycles. The number of anilines is 1. The molecule has 5 nitrogen and oxygen atoms in total. The Hall–Kier alpha value is -2.51. The van der Waals surface area contributed by atoms with E-state index < -0.39 is 4.92 Å². The highest BCUT2D eigenvalue weighted by Gasteiger charge is 2.34. The van der Waals surface area contributed by atoms with Crippen LogP contribution in [0, 0.1) is 30.9 Å². The molecule has 7 heteroatoms. The predicted molar refractivity (Wildman–Crippen MR) is 109 cm³/mol. The van der Waals surface area contributed by atoms with E-state index in [4.69, 9.17) is 12.2 Å². The van der Waals surface area contributed by atoms with Crippen molar-refractivity contribution in [3.63, 3.8) is 0 Å². The Morgan fingerprint density at radius 2 is 1.85 bits per heavy atom. The Kier molecular flexibility index (Phi) is 4.93. The van der Waals surface area contributed by atoms with Crippen molar-refractivity contribution in [2.45, 2.75) is 20.8 Å². The maximum atomic E-state index is 12.9. The van der Waals surface area contributed by atoms with Crippen molar-refractivity contribution < 1.29 is 9.72 Å². The van der Waals surface area contributed by atoms with Gasteiger partial charge in [-0.1, -0.05) is 53.8 Å². The zero-order chi connectivity index (χ0) is 19.0. The Balaban J connectivity index is 1.97. The topological polar surface area (TPSA) is 63.5 Å². The summed E-state index contributed by atoms with van der Waals surface area (Å²) in [6.45, 7) is 5.61. The van der Waals surface area contributed by atoms with Crippen molar-refractivity contribution in [2.75, 3.05) is 4.90 Å². The van der Waals surface area contributed by atoms with E-state index in [-0.39, 0.29) is 11.6 Å². The number of hydrogen-bond donors (Lipinski definition) is 0. The van der Waals surface area contributed by atoms with Gasteiger partial charge in [0.1, 0.15) is 0 Å². The molecular weight excluding hydrogens is 368 g/mol. The predicted octanol–water partition coefficient (Wildman–Crippen LogP) is 4.93. The number of hydrogen-bond acceptors (Lipinski definition) is 5. The van der Waals surface area contributed by atoms with Crippen LogP contribution in [0.3, 0.4) is 0 Å². The molecule has 2 aromatic carbocycles. The SMILES string of the molecule is Cc1ccc(N2C(=O)/C(=C\c3ccc(C)c([N+](=O)[O-])c3)SC2=S)c(C)c1. The van der Waals surface area contributed by atoms with Crippen LogP contribution in [0.15, 0.2) is 41.3 Å². The lowest BCUT2D eigenvalue weighted by Gasteiger charge is -2.17. The highest BCUT2D eigenvalue weighted by Crippen LogP contribution is 2.37. The summed E-state index contributed by atoms with van der Waals surface area (Å²) < 4.78 is 0.454. The number of carbonyl (C=O) groups is 1. The number of nitro benzene ring substituents is 1. The third-order valence-electron chi connectivity index (χ3n) is 4.11. The molecule has 0 aliphatic carbocycles. The third kappa shape index (κ3) is 3.40. The largest absolute Gasteiger partial charge is 0.272 e. The summed E-state index contributed by atoms with van der Waals surface area (Å²) in [5.74, 6) is -0.213. The smallest absolute Gasteiger partial charge is 0.268 e. The van der Waals surface area contributed by atoms with Gasteiger partial charge in [-0.2, -0.15) is 0 Å². The molecule has 1 amide bonds. The third-order valence-corrected chi connectivity index (χ3v) is 5.42.